The molecule has 6 heteroatoms. The number of halogens is 1. The van der Waals surface area contributed by atoms with Gasteiger partial charge in [0.2, 0.25) is 0 Å². The van der Waals surface area contributed by atoms with Gasteiger partial charge in [0.15, 0.2) is 0 Å². The Morgan fingerprint density at radius 1 is 1.11 bits per heavy atom. The molecule has 1 N–H and O–H groups in total. The molecule has 1 heterocycles. The molecule has 4 nitrogen and oxygen atoms in total. The minimum absolute atomic E-state index is 0.0258. The van der Waals surface area contributed by atoms with E-state index in [0.29, 0.717) is 16.3 Å². The fraction of sp³-hybridized carbons (Fsp3) is 0.333. The fourth-order valence-electron chi connectivity index (χ4n) is 3.12. The highest BCUT2D eigenvalue weighted by atomic mass is 35.5. The van der Waals surface area contributed by atoms with Crippen LogP contribution in [0, 0.1) is 0 Å². The molecule has 1 aliphatic heterocycles. The lowest BCUT2D eigenvalue weighted by molar-refractivity contribution is -0.141. The predicted octanol–water partition coefficient (Wildman–Crippen LogP) is 4.98. The van der Waals surface area contributed by atoms with E-state index < -0.39 is 12.0 Å². The second kappa shape index (κ2) is 7.56. The number of nitrogens with zero attached hydrogens (tertiary/aromatic N) is 1. The standard InChI is InChI=1S/C21H22ClNO3S/c1-21(2,3)14-10-8-13(9-11-14)19-23(17(12-27-19)20(25)26)18(24)15-6-4-5-7-16(15)22/h4-11,17,19H,12H2,1-3H3,(H,25,26). The number of benzene rings is 2. The van der Waals surface area contributed by atoms with Crippen LogP contribution in [0.15, 0.2) is 48.5 Å². The normalized spacial score (nSPS) is 19.9. The van der Waals surface area contributed by atoms with Gasteiger partial charge in [-0.2, -0.15) is 0 Å². The lowest BCUT2D eigenvalue weighted by Crippen LogP contribution is -2.43. The highest BCUT2D eigenvalue weighted by molar-refractivity contribution is 7.99. The Balaban J connectivity index is 1.98. The van der Waals surface area contributed by atoms with Crippen molar-refractivity contribution in [1.29, 1.82) is 0 Å². The van der Waals surface area contributed by atoms with Crippen LogP contribution in [-0.2, 0) is 10.2 Å². The number of carbonyl (C=O) groups is 2. The van der Waals surface area contributed by atoms with Crippen LogP contribution >= 0.6 is 23.4 Å². The van der Waals surface area contributed by atoms with Crippen LogP contribution in [0.3, 0.4) is 0 Å². The van der Waals surface area contributed by atoms with Gasteiger partial charge in [0, 0.05) is 5.75 Å². The van der Waals surface area contributed by atoms with E-state index in [0.717, 1.165) is 5.56 Å². The molecule has 3 rings (SSSR count). The second-order valence-corrected chi connectivity index (χ2v) is 9.12. The number of carbonyl (C=O) groups excluding carboxylic acids is 1. The van der Waals surface area contributed by atoms with Crippen molar-refractivity contribution in [3.63, 3.8) is 0 Å². The van der Waals surface area contributed by atoms with Gasteiger partial charge in [-0.3, -0.25) is 4.79 Å². The molecule has 1 aliphatic rings. The molecule has 0 radical (unpaired) electrons. The smallest absolute Gasteiger partial charge is 0.327 e. The van der Waals surface area contributed by atoms with Gasteiger partial charge >= 0.3 is 5.97 Å². The summed E-state index contributed by atoms with van der Waals surface area (Å²) in [6.45, 7) is 6.42. The van der Waals surface area contributed by atoms with Crippen LogP contribution in [0.4, 0.5) is 0 Å². The molecule has 0 aromatic heterocycles. The summed E-state index contributed by atoms with van der Waals surface area (Å²) in [7, 11) is 0. The first-order valence-electron chi connectivity index (χ1n) is 8.72. The lowest BCUT2D eigenvalue weighted by Gasteiger charge is -2.28. The van der Waals surface area contributed by atoms with E-state index in [2.05, 4.69) is 20.8 Å². The van der Waals surface area contributed by atoms with Gasteiger partial charge in [-0.25, -0.2) is 4.79 Å². The Labute approximate surface area is 168 Å². The first-order valence-corrected chi connectivity index (χ1v) is 10.1. The number of thioether (sulfide) groups is 1. The van der Waals surface area contributed by atoms with E-state index in [1.807, 2.05) is 24.3 Å². The molecule has 1 fully saturated rings. The monoisotopic (exact) mass is 403 g/mol. The molecule has 0 bridgehead atoms. The van der Waals surface area contributed by atoms with Crippen molar-refractivity contribution in [2.45, 2.75) is 37.6 Å². The van der Waals surface area contributed by atoms with Crippen LogP contribution in [0.2, 0.25) is 5.02 Å². The van der Waals surface area contributed by atoms with Crippen molar-refractivity contribution in [3.05, 3.63) is 70.2 Å². The molecule has 2 atom stereocenters. The third kappa shape index (κ3) is 3.99. The molecule has 2 aromatic rings. The summed E-state index contributed by atoms with van der Waals surface area (Å²) in [6.07, 6.45) is 0. The summed E-state index contributed by atoms with van der Waals surface area (Å²) in [5.41, 5.74) is 2.45. The Morgan fingerprint density at radius 3 is 2.30 bits per heavy atom. The van der Waals surface area contributed by atoms with Crippen molar-refractivity contribution in [1.82, 2.24) is 4.90 Å². The van der Waals surface area contributed by atoms with Gasteiger partial charge in [-0.05, 0) is 28.7 Å². The summed E-state index contributed by atoms with van der Waals surface area (Å²) in [6, 6.07) is 13.9. The molecule has 27 heavy (non-hydrogen) atoms. The average Bonchev–Trinajstić information content (AvgIpc) is 3.06. The number of rotatable bonds is 3. The number of carboxylic acids is 1. The largest absolute Gasteiger partial charge is 0.480 e. The van der Waals surface area contributed by atoms with Crippen LogP contribution in [0.1, 0.15) is 47.6 Å². The summed E-state index contributed by atoms with van der Waals surface area (Å²) in [4.78, 5) is 26.4. The van der Waals surface area contributed by atoms with Crippen molar-refractivity contribution in [2.75, 3.05) is 5.75 Å². The van der Waals surface area contributed by atoms with Crippen LogP contribution in [0.25, 0.3) is 0 Å². The number of aliphatic carboxylic acids is 1. The quantitative estimate of drug-likeness (QED) is 0.785. The summed E-state index contributed by atoms with van der Waals surface area (Å²) in [5.74, 6) is -1.02. The molecular formula is C21H22ClNO3S. The zero-order valence-corrected chi connectivity index (χ0v) is 17.1. The Kier molecular flexibility index (Phi) is 5.54. The van der Waals surface area contributed by atoms with E-state index in [4.69, 9.17) is 11.6 Å². The zero-order valence-electron chi connectivity index (χ0n) is 15.5. The van der Waals surface area contributed by atoms with E-state index in [1.165, 1.54) is 22.2 Å². The van der Waals surface area contributed by atoms with Gasteiger partial charge < -0.3 is 10.0 Å². The van der Waals surface area contributed by atoms with Crippen molar-refractivity contribution in [3.8, 4) is 0 Å². The van der Waals surface area contributed by atoms with Gasteiger partial charge in [-0.15, -0.1) is 11.8 Å². The number of hydrogen-bond donors (Lipinski definition) is 1. The molecule has 142 valence electrons. The Bertz CT molecular complexity index is 860. The maximum atomic E-state index is 13.2. The first-order chi connectivity index (χ1) is 12.7. The minimum atomic E-state index is -1.00. The minimum Gasteiger partial charge on any atom is -0.480 e. The molecule has 0 aliphatic carbocycles. The Morgan fingerprint density at radius 2 is 1.74 bits per heavy atom. The van der Waals surface area contributed by atoms with Crippen molar-refractivity contribution < 1.29 is 14.7 Å². The highest BCUT2D eigenvalue weighted by Gasteiger charge is 2.43. The molecule has 2 aromatic carbocycles. The van der Waals surface area contributed by atoms with E-state index in [9.17, 15) is 14.7 Å². The summed E-state index contributed by atoms with van der Waals surface area (Å²) < 4.78 is 0. The van der Waals surface area contributed by atoms with Gasteiger partial charge in [0.25, 0.3) is 5.91 Å². The van der Waals surface area contributed by atoms with Gasteiger partial charge in [0.1, 0.15) is 11.4 Å². The molecule has 1 saturated heterocycles. The van der Waals surface area contributed by atoms with Crippen LogP contribution in [-0.4, -0.2) is 33.7 Å². The summed E-state index contributed by atoms with van der Waals surface area (Å²) in [5, 5.41) is 9.59. The van der Waals surface area contributed by atoms with Crippen molar-refractivity contribution >= 4 is 35.2 Å². The number of carboxylic acid groups (broad SMARTS) is 1. The van der Waals surface area contributed by atoms with E-state index >= 15 is 0 Å². The zero-order chi connectivity index (χ0) is 19.8. The fourth-order valence-corrected chi connectivity index (χ4v) is 4.76. The highest BCUT2D eigenvalue weighted by Crippen LogP contribution is 2.43. The topological polar surface area (TPSA) is 57.6 Å². The Hall–Kier alpha value is -1.98. The average molecular weight is 404 g/mol. The molecular weight excluding hydrogens is 382 g/mol. The van der Waals surface area contributed by atoms with Crippen LogP contribution < -0.4 is 0 Å². The lowest BCUT2D eigenvalue weighted by atomic mass is 9.86. The maximum Gasteiger partial charge on any atom is 0.327 e. The van der Waals surface area contributed by atoms with E-state index in [1.54, 1.807) is 24.3 Å². The summed E-state index contributed by atoms with van der Waals surface area (Å²) >= 11 is 7.65. The number of amides is 1. The first kappa shape index (κ1) is 19.8. The third-order valence-corrected chi connectivity index (χ3v) is 6.34. The molecule has 1 amide bonds. The maximum absolute atomic E-state index is 13.2. The van der Waals surface area contributed by atoms with E-state index in [-0.39, 0.29) is 16.7 Å². The SMILES string of the molecule is CC(C)(C)c1ccc(C2SCC(C(=O)O)N2C(=O)c2ccccc2Cl)cc1. The molecule has 2 unspecified atom stereocenters. The molecule has 0 saturated carbocycles. The van der Waals surface area contributed by atoms with Gasteiger partial charge in [0.05, 0.1) is 10.6 Å². The van der Waals surface area contributed by atoms with Crippen LogP contribution in [0.5, 0.6) is 0 Å². The second-order valence-electron chi connectivity index (χ2n) is 7.60. The van der Waals surface area contributed by atoms with Gasteiger partial charge in [-0.1, -0.05) is 68.8 Å². The number of hydrogen-bond acceptors (Lipinski definition) is 3. The third-order valence-electron chi connectivity index (χ3n) is 4.69. The molecule has 0 spiro atoms. The predicted molar refractivity (Wildman–Crippen MR) is 109 cm³/mol. The van der Waals surface area contributed by atoms with Crippen molar-refractivity contribution in [2.24, 2.45) is 0 Å².